The SMILES string of the molecule is C.C.C.C.C.CNC(=O)CSC.CSC1CC(=O)N(C)C1=O.CSCCS(C)(=O)=O.CSSC. The second-order valence-corrected chi connectivity index (χ2v) is 13.1. The summed E-state index contributed by atoms with van der Waals surface area (Å²) in [5.74, 6) is 1.54. The van der Waals surface area contributed by atoms with Crippen LogP contribution in [0.1, 0.15) is 43.6 Å². The quantitative estimate of drug-likeness (QED) is 0.299. The molecule has 1 unspecified atom stereocenters. The van der Waals surface area contributed by atoms with Crippen LogP contribution in [0, 0.1) is 0 Å². The summed E-state index contributed by atoms with van der Waals surface area (Å²) in [6.45, 7) is 0. The molecule has 214 valence electrons. The number of hydrogen-bond donors (Lipinski definition) is 1. The van der Waals surface area contributed by atoms with Gasteiger partial charge in [-0.25, -0.2) is 8.42 Å². The van der Waals surface area contributed by atoms with E-state index in [4.69, 9.17) is 0 Å². The van der Waals surface area contributed by atoms with E-state index in [1.807, 2.05) is 18.8 Å². The van der Waals surface area contributed by atoms with E-state index in [0.29, 0.717) is 23.7 Å². The van der Waals surface area contributed by atoms with Gasteiger partial charge in [-0.3, -0.25) is 19.3 Å². The van der Waals surface area contributed by atoms with Crippen molar-refractivity contribution in [2.24, 2.45) is 0 Å². The van der Waals surface area contributed by atoms with E-state index in [0.717, 1.165) is 0 Å². The molecule has 0 bridgehead atoms. The Bertz CT molecular complexity index is 562. The minimum absolute atomic E-state index is 0. The van der Waals surface area contributed by atoms with E-state index < -0.39 is 9.84 Å². The van der Waals surface area contributed by atoms with Gasteiger partial charge >= 0.3 is 0 Å². The van der Waals surface area contributed by atoms with Gasteiger partial charge in [0.15, 0.2) is 0 Å². The van der Waals surface area contributed by atoms with Gasteiger partial charge in [-0.1, -0.05) is 58.7 Å². The molecule has 0 radical (unpaired) electrons. The number of nitrogens with one attached hydrogen (secondary N) is 1. The summed E-state index contributed by atoms with van der Waals surface area (Å²) < 4.78 is 20.8. The van der Waals surface area contributed by atoms with Crippen molar-refractivity contribution in [2.75, 3.05) is 68.9 Å². The van der Waals surface area contributed by atoms with E-state index in [1.54, 1.807) is 40.4 Å². The molecule has 1 rings (SSSR count). The molecule has 1 saturated heterocycles. The molecular formula is C21H54N2O5S6. The Kier molecular flexibility index (Phi) is 57.4. The molecule has 0 spiro atoms. The van der Waals surface area contributed by atoms with Gasteiger partial charge in [0.2, 0.25) is 17.7 Å². The lowest BCUT2D eigenvalue weighted by atomic mass is 10.4. The third-order valence-electron chi connectivity index (χ3n) is 3.00. The summed E-state index contributed by atoms with van der Waals surface area (Å²) in [4.78, 5) is 33.4. The Morgan fingerprint density at radius 1 is 0.971 bits per heavy atom. The van der Waals surface area contributed by atoms with Crippen LogP contribution in [0.25, 0.3) is 0 Å². The predicted octanol–water partition coefficient (Wildman–Crippen LogP) is 5.40. The Morgan fingerprint density at radius 3 is 1.53 bits per heavy atom. The first-order valence-corrected chi connectivity index (χ1v) is 17.3. The lowest BCUT2D eigenvalue weighted by molar-refractivity contribution is -0.136. The first-order valence-electron chi connectivity index (χ1n) is 8.21. The van der Waals surface area contributed by atoms with Crippen molar-refractivity contribution in [3.05, 3.63) is 0 Å². The van der Waals surface area contributed by atoms with Crippen molar-refractivity contribution in [3.8, 4) is 0 Å². The van der Waals surface area contributed by atoms with E-state index in [9.17, 15) is 22.8 Å². The van der Waals surface area contributed by atoms with Gasteiger partial charge in [0.1, 0.15) is 9.84 Å². The number of likely N-dealkylation sites (tertiary alicyclic amines) is 1. The van der Waals surface area contributed by atoms with Crippen molar-refractivity contribution in [1.29, 1.82) is 0 Å². The van der Waals surface area contributed by atoms with E-state index >= 15 is 0 Å². The van der Waals surface area contributed by atoms with Gasteiger partial charge < -0.3 is 5.32 Å². The lowest BCUT2D eigenvalue weighted by Gasteiger charge is -2.04. The fraction of sp³-hybridized carbons (Fsp3) is 0.857. The number of nitrogens with zero attached hydrogens (tertiary/aromatic N) is 1. The number of carbonyl (C=O) groups excluding carboxylic acids is 3. The van der Waals surface area contributed by atoms with E-state index in [2.05, 4.69) is 17.8 Å². The molecule has 7 nitrogen and oxygen atoms in total. The van der Waals surface area contributed by atoms with Gasteiger partial charge in [0.25, 0.3) is 0 Å². The number of hydrogen-bond acceptors (Lipinski definition) is 10. The third kappa shape index (κ3) is 36.9. The molecule has 3 amide bonds. The highest BCUT2D eigenvalue weighted by Crippen LogP contribution is 2.21. The zero-order chi connectivity index (χ0) is 23.5. The van der Waals surface area contributed by atoms with Crippen molar-refractivity contribution in [3.63, 3.8) is 0 Å². The van der Waals surface area contributed by atoms with Crippen LogP contribution in [-0.4, -0.2) is 105 Å². The molecule has 1 atom stereocenters. The molecule has 0 aromatic heterocycles. The molecule has 0 aromatic carbocycles. The molecule has 0 aliphatic carbocycles. The second-order valence-electron chi connectivity index (χ2n) is 5.28. The topological polar surface area (TPSA) is 101 Å². The van der Waals surface area contributed by atoms with E-state index in [-0.39, 0.29) is 60.1 Å². The van der Waals surface area contributed by atoms with Crippen molar-refractivity contribution >= 4 is 84.4 Å². The Labute approximate surface area is 234 Å². The highest BCUT2D eigenvalue weighted by Gasteiger charge is 2.34. The average Bonchev–Trinajstić information content (AvgIpc) is 2.93. The molecule has 0 aromatic rings. The number of thioether (sulfide) groups is 3. The highest BCUT2D eigenvalue weighted by atomic mass is 33.1. The molecule has 13 heteroatoms. The molecule has 1 aliphatic heterocycles. The highest BCUT2D eigenvalue weighted by molar-refractivity contribution is 8.76. The smallest absolute Gasteiger partial charge is 0.242 e. The maximum atomic E-state index is 11.0. The fourth-order valence-corrected chi connectivity index (χ4v) is 4.30. The summed E-state index contributed by atoms with van der Waals surface area (Å²) in [5.41, 5.74) is 0. The third-order valence-corrected chi connectivity index (χ3v) is 7.64. The predicted molar refractivity (Wildman–Crippen MR) is 171 cm³/mol. The average molecular weight is 607 g/mol. The normalized spacial score (nSPS) is 13.1. The second kappa shape index (κ2) is 35.5. The molecule has 34 heavy (non-hydrogen) atoms. The van der Waals surface area contributed by atoms with Crippen LogP contribution in [0.4, 0.5) is 0 Å². The number of rotatable bonds is 7. The van der Waals surface area contributed by atoms with Gasteiger partial charge in [-0.15, -0.1) is 0 Å². The Hall–Kier alpha value is 0.310. The lowest BCUT2D eigenvalue weighted by Crippen LogP contribution is -2.26. The van der Waals surface area contributed by atoms with Gasteiger partial charge in [0.05, 0.1) is 16.8 Å². The largest absolute Gasteiger partial charge is 0.358 e. The summed E-state index contributed by atoms with van der Waals surface area (Å²) in [7, 11) is 4.01. The molecule has 0 saturated carbocycles. The van der Waals surface area contributed by atoms with Crippen LogP contribution >= 0.6 is 56.9 Å². The number of sulfone groups is 1. The van der Waals surface area contributed by atoms with Crippen molar-refractivity contribution in [1.82, 2.24) is 10.2 Å². The standard InChI is InChI=1S/C6H9NO2S.C4H9NOS.C4H10O2S2.C2H6S2.5CH4/c1-7-5(8)3-4(10-2)6(7)9;1-5-4(6)3-7-2;1-7-3-4-8(2,5)6;1-3-4-2;;;;;/h4H,3H2,1-2H3;3H2,1-2H3,(H,5,6);3-4H2,1-2H3;1-2H3;5*1H4. The molecule has 1 N–H and O–H groups in total. The first-order chi connectivity index (χ1) is 13.4. The summed E-state index contributed by atoms with van der Waals surface area (Å²) >= 11 is 4.51. The van der Waals surface area contributed by atoms with Gasteiger partial charge in [0, 0.05) is 32.5 Å². The van der Waals surface area contributed by atoms with Gasteiger partial charge in [-0.2, -0.15) is 35.3 Å². The number of amides is 3. The Balaban J connectivity index is -0.0000000437. The van der Waals surface area contributed by atoms with Crippen LogP contribution < -0.4 is 5.32 Å². The van der Waals surface area contributed by atoms with Crippen LogP contribution in [0.3, 0.4) is 0 Å². The maximum Gasteiger partial charge on any atom is 0.242 e. The minimum atomic E-state index is -2.71. The fourth-order valence-electron chi connectivity index (χ4n) is 1.34. The summed E-state index contributed by atoms with van der Waals surface area (Å²) in [6, 6.07) is 0. The molecule has 1 heterocycles. The van der Waals surface area contributed by atoms with Crippen LogP contribution in [-0.2, 0) is 24.2 Å². The Morgan fingerprint density at radius 2 is 1.41 bits per heavy atom. The first kappa shape index (κ1) is 55.0. The van der Waals surface area contributed by atoms with Crippen LogP contribution in [0.5, 0.6) is 0 Å². The zero-order valence-electron chi connectivity index (χ0n) is 18.3. The van der Waals surface area contributed by atoms with Crippen molar-refractivity contribution in [2.45, 2.75) is 48.8 Å². The maximum absolute atomic E-state index is 11.0. The zero-order valence-corrected chi connectivity index (χ0v) is 23.2. The van der Waals surface area contributed by atoms with Crippen LogP contribution in [0.15, 0.2) is 0 Å². The number of imide groups is 1. The van der Waals surface area contributed by atoms with Crippen LogP contribution in [0.2, 0.25) is 0 Å². The van der Waals surface area contributed by atoms with E-state index in [1.165, 1.54) is 41.7 Å². The summed E-state index contributed by atoms with van der Waals surface area (Å²) in [5, 5.41) is 2.38. The minimum Gasteiger partial charge on any atom is -0.358 e. The number of carbonyl (C=O) groups is 3. The van der Waals surface area contributed by atoms with Gasteiger partial charge in [-0.05, 0) is 31.3 Å². The van der Waals surface area contributed by atoms with Crippen molar-refractivity contribution < 1.29 is 22.8 Å². The molecule has 1 aliphatic rings. The summed E-state index contributed by atoms with van der Waals surface area (Å²) in [6.07, 6.45) is 11.4. The monoisotopic (exact) mass is 606 g/mol. The molecular weight excluding hydrogens is 553 g/mol. The molecule has 1 fully saturated rings.